The summed E-state index contributed by atoms with van der Waals surface area (Å²) >= 11 is 1.31. The molecule has 0 saturated carbocycles. The van der Waals surface area contributed by atoms with Crippen molar-refractivity contribution in [3.63, 3.8) is 0 Å². The maximum absolute atomic E-state index is 13.4. The van der Waals surface area contributed by atoms with Crippen molar-refractivity contribution in [3.05, 3.63) is 117 Å². The minimum Gasteiger partial charge on any atom is -0.494 e. The van der Waals surface area contributed by atoms with Crippen LogP contribution in [0.1, 0.15) is 57.0 Å². The number of hydrogen-bond donors (Lipinski definition) is 0. The van der Waals surface area contributed by atoms with Gasteiger partial charge < -0.3 is 9.47 Å². The Hall–Kier alpha value is -5.02. The summed E-state index contributed by atoms with van der Waals surface area (Å²) in [7, 11) is 0. The molecule has 0 N–H and O–H groups in total. The summed E-state index contributed by atoms with van der Waals surface area (Å²) in [6, 6.07) is 25.8. The molecule has 234 valence electrons. The van der Waals surface area contributed by atoms with Crippen molar-refractivity contribution in [2.24, 2.45) is 5.92 Å². The second-order valence-electron chi connectivity index (χ2n) is 11.5. The quantitative estimate of drug-likeness (QED) is 0.124. The van der Waals surface area contributed by atoms with Crippen LogP contribution in [0, 0.1) is 5.92 Å². The first-order chi connectivity index (χ1) is 22.5. The Morgan fingerprint density at radius 1 is 0.870 bits per heavy atom. The van der Waals surface area contributed by atoms with Crippen LogP contribution in [0.3, 0.4) is 0 Å². The molecule has 0 amide bonds. The van der Waals surface area contributed by atoms with Gasteiger partial charge >= 0.3 is 0 Å². The van der Waals surface area contributed by atoms with E-state index < -0.39 is 0 Å². The molecule has 3 heterocycles. The lowest BCUT2D eigenvalue weighted by molar-refractivity contribution is 0.289. The number of benzene rings is 3. The molecule has 0 fully saturated rings. The van der Waals surface area contributed by atoms with E-state index in [1.807, 2.05) is 108 Å². The predicted octanol–water partition coefficient (Wildman–Crippen LogP) is 7.33. The van der Waals surface area contributed by atoms with E-state index in [0.717, 1.165) is 65.4 Å². The molecule has 0 saturated heterocycles. The monoisotopic (exact) mass is 631 g/mol. The number of nitrogens with zero attached hydrogens (tertiary/aromatic N) is 5. The Bertz CT molecular complexity index is 2030. The van der Waals surface area contributed by atoms with Crippen LogP contribution in [0.2, 0.25) is 0 Å². The van der Waals surface area contributed by atoms with Gasteiger partial charge in [-0.3, -0.25) is 4.79 Å². The van der Waals surface area contributed by atoms with Crippen LogP contribution < -0.4 is 19.6 Å². The maximum Gasteiger partial charge on any atom is 0.291 e. The van der Waals surface area contributed by atoms with Crippen molar-refractivity contribution in [1.82, 2.24) is 24.4 Å². The lowest BCUT2D eigenvalue weighted by Gasteiger charge is -2.08. The van der Waals surface area contributed by atoms with E-state index in [1.165, 1.54) is 15.9 Å². The summed E-state index contributed by atoms with van der Waals surface area (Å²) in [5, 5.41) is 9.39. The first-order valence-electron chi connectivity index (χ1n) is 15.7. The zero-order chi connectivity index (χ0) is 31.9. The van der Waals surface area contributed by atoms with Gasteiger partial charge in [0.1, 0.15) is 17.2 Å². The van der Waals surface area contributed by atoms with Crippen LogP contribution in [0.15, 0.2) is 89.9 Å². The van der Waals surface area contributed by atoms with Gasteiger partial charge in [0.05, 0.1) is 23.4 Å². The number of ether oxygens (including phenoxy) is 2. The third kappa shape index (κ3) is 7.43. The summed E-state index contributed by atoms with van der Waals surface area (Å²) in [5.74, 6) is 2.74. The van der Waals surface area contributed by atoms with Crippen LogP contribution in [0.4, 0.5) is 0 Å². The molecule has 0 atom stereocenters. The average Bonchev–Trinajstić information content (AvgIpc) is 3.76. The van der Waals surface area contributed by atoms with E-state index in [-0.39, 0.29) is 5.56 Å². The Morgan fingerprint density at radius 3 is 2.28 bits per heavy atom. The Balaban J connectivity index is 1.26. The minimum absolute atomic E-state index is 0.215. The Labute approximate surface area is 272 Å². The third-order valence-electron chi connectivity index (χ3n) is 7.41. The van der Waals surface area contributed by atoms with Crippen molar-refractivity contribution >= 4 is 34.5 Å². The van der Waals surface area contributed by atoms with Gasteiger partial charge in [0.2, 0.25) is 4.96 Å². The molecule has 8 nitrogen and oxygen atoms in total. The lowest BCUT2D eigenvalue weighted by atomic mass is 10.1. The van der Waals surface area contributed by atoms with Crippen LogP contribution in [0.25, 0.3) is 40.1 Å². The first-order valence-corrected chi connectivity index (χ1v) is 16.5. The first kappa shape index (κ1) is 31.0. The molecule has 6 aromatic rings. The fraction of sp³-hybridized carbons (Fsp3) is 0.243. The number of fused-ring (bicyclic) bond motifs is 1. The van der Waals surface area contributed by atoms with Crippen LogP contribution >= 0.6 is 11.3 Å². The Morgan fingerprint density at radius 2 is 1.59 bits per heavy atom. The highest BCUT2D eigenvalue weighted by Gasteiger charge is 2.14. The molecule has 0 bridgehead atoms. The van der Waals surface area contributed by atoms with Gasteiger partial charge in [0.15, 0.2) is 5.82 Å². The number of thiazole rings is 1. The van der Waals surface area contributed by atoms with E-state index >= 15 is 0 Å². The Kier molecular flexibility index (Phi) is 9.69. The maximum atomic E-state index is 13.4. The highest BCUT2D eigenvalue weighted by Crippen LogP contribution is 2.27. The molecular formula is C37H37N5O3S. The van der Waals surface area contributed by atoms with Gasteiger partial charge in [-0.25, -0.2) is 4.68 Å². The number of rotatable bonds is 13. The van der Waals surface area contributed by atoms with E-state index in [4.69, 9.17) is 14.6 Å². The lowest BCUT2D eigenvalue weighted by Crippen LogP contribution is -2.23. The van der Waals surface area contributed by atoms with Crippen molar-refractivity contribution in [2.75, 3.05) is 13.2 Å². The van der Waals surface area contributed by atoms with E-state index in [1.54, 1.807) is 0 Å². The summed E-state index contributed by atoms with van der Waals surface area (Å²) in [4.78, 5) is 18.6. The molecule has 46 heavy (non-hydrogen) atoms. The number of para-hydroxylation sites is 1. The molecule has 0 unspecified atom stereocenters. The van der Waals surface area contributed by atoms with Gasteiger partial charge in [-0.1, -0.05) is 74.9 Å². The van der Waals surface area contributed by atoms with Gasteiger partial charge in [-0.05, 0) is 85.0 Å². The molecular weight excluding hydrogens is 595 g/mol. The summed E-state index contributed by atoms with van der Waals surface area (Å²) in [5.41, 5.74) is 4.22. The standard InChI is InChI=1S/C37H37N5O3S/c1-4-5-22-44-31-16-11-27(12-17-31)13-20-34-38-37-42(39-34)36(43)33(46-37)24-29-25-41(30-9-7-6-8-10-30)40-35(29)28-14-18-32(19-15-28)45-23-21-26(2)3/h6-20,24-26H,4-5,21-23H2,1-3H3/b20-13+,33-24-. The van der Waals surface area contributed by atoms with Crippen molar-refractivity contribution in [3.8, 4) is 28.4 Å². The minimum atomic E-state index is -0.215. The second kappa shape index (κ2) is 14.4. The van der Waals surface area contributed by atoms with E-state index in [9.17, 15) is 4.79 Å². The molecule has 3 aromatic carbocycles. The largest absolute Gasteiger partial charge is 0.494 e. The fourth-order valence-electron chi connectivity index (χ4n) is 4.79. The number of hydrogen-bond acceptors (Lipinski definition) is 7. The normalized spacial score (nSPS) is 12.1. The zero-order valence-corrected chi connectivity index (χ0v) is 27.1. The number of aromatic nitrogens is 5. The van der Waals surface area contributed by atoms with E-state index in [0.29, 0.717) is 27.8 Å². The summed E-state index contributed by atoms with van der Waals surface area (Å²) in [6.45, 7) is 7.91. The highest BCUT2D eigenvalue weighted by molar-refractivity contribution is 7.15. The molecule has 6 rings (SSSR count). The average molecular weight is 632 g/mol. The fourth-order valence-corrected chi connectivity index (χ4v) is 5.70. The molecule has 9 heteroatoms. The van der Waals surface area contributed by atoms with Crippen LogP contribution in [0.5, 0.6) is 11.5 Å². The number of unbranched alkanes of at least 4 members (excludes halogenated alkanes) is 1. The second-order valence-corrected chi connectivity index (χ2v) is 12.5. The molecule has 3 aromatic heterocycles. The topological polar surface area (TPSA) is 83.5 Å². The van der Waals surface area contributed by atoms with E-state index in [2.05, 4.69) is 30.9 Å². The molecule has 0 spiro atoms. The van der Waals surface area contributed by atoms with Crippen molar-refractivity contribution in [2.45, 2.75) is 40.0 Å². The SMILES string of the molecule is CCCCOc1ccc(/C=C/c2nc3s/c(=C\c4cn(-c5ccccc5)nc4-c4ccc(OCCC(C)C)cc4)c(=O)n3n2)cc1. The predicted molar refractivity (Wildman–Crippen MR) is 186 cm³/mol. The molecule has 0 aliphatic carbocycles. The zero-order valence-electron chi connectivity index (χ0n) is 26.3. The van der Waals surface area contributed by atoms with Gasteiger partial charge in [0, 0.05) is 17.3 Å². The van der Waals surface area contributed by atoms with Gasteiger partial charge in [-0.15, -0.1) is 5.10 Å². The molecule has 0 radical (unpaired) electrons. The van der Waals surface area contributed by atoms with Crippen LogP contribution in [-0.4, -0.2) is 37.6 Å². The van der Waals surface area contributed by atoms with Crippen molar-refractivity contribution < 1.29 is 9.47 Å². The van der Waals surface area contributed by atoms with Gasteiger partial charge in [-0.2, -0.15) is 14.6 Å². The van der Waals surface area contributed by atoms with Crippen molar-refractivity contribution in [1.29, 1.82) is 0 Å². The summed E-state index contributed by atoms with van der Waals surface area (Å²) < 4.78 is 15.4. The summed E-state index contributed by atoms with van der Waals surface area (Å²) in [6.07, 6.45) is 10.7. The molecule has 0 aliphatic rings. The highest BCUT2D eigenvalue weighted by atomic mass is 32.1. The third-order valence-corrected chi connectivity index (χ3v) is 8.37. The van der Waals surface area contributed by atoms with Gasteiger partial charge in [0.25, 0.3) is 5.56 Å². The van der Waals surface area contributed by atoms with Crippen LogP contribution in [-0.2, 0) is 0 Å². The smallest absolute Gasteiger partial charge is 0.291 e. The molecule has 0 aliphatic heterocycles.